The van der Waals surface area contributed by atoms with Crippen molar-refractivity contribution in [3.63, 3.8) is 0 Å². The van der Waals surface area contributed by atoms with Crippen LogP contribution in [0.3, 0.4) is 0 Å². The normalized spacial score (nSPS) is 10.8. The van der Waals surface area contributed by atoms with E-state index in [1.165, 1.54) is 23.1 Å². The molecule has 0 saturated heterocycles. The monoisotopic (exact) mass is 471 g/mol. The zero-order valence-corrected chi connectivity index (χ0v) is 18.9. The molecule has 0 unspecified atom stereocenters. The van der Waals surface area contributed by atoms with Crippen LogP contribution >= 0.6 is 34.7 Å². The van der Waals surface area contributed by atoms with Gasteiger partial charge in [0.25, 0.3) is 0 Å². The topological polar surface area (TPSA) is 81.9 Å². The molecule has 1 amide bonds. The standard InChI is InChI=1S/C21H18ClN5O2S2/c1-27-18(11-29-17-10-6-5-9-15(17)22)25-26-21(27)31-13-19(28)24-20-23-16(12-30-20)14-7-3-2-4-8-14/h2-10,12H,11,13H2,1H3,(H,23,24,28). The number of halogens is 1. The first-order valence-electron chi connectivity index (χ1n) is 9.29. The molecule has 4 rings (SSSR count). The summed E-state index contributed by atoms with van der Waals surface area (Å²) in [6.07, 6.45) is 0. The molecule has 0 bridgehead atoms. The number of hydrogen-bond acceptors (Lipinski definition) is 7. The third kappa shape index (κ3) is 5.43. The van der Waals surface area contributed by atoms with E-state index in [0.29, 0.717) is 26.9 Å². The first-order valence-corrected chi connectivity index (χ1v) is 11.5. The van der Waals surface area contributed by atoms with Crippen LogP contribution in [0.2, 0.25) is 5.02 Å². The highest BCUT2D eigenvalue weighted by atomic mass is 35.5. The highest BCUT2D eigenvalue weighted by molar-refractivity contribution is 7.99. The van der Waals surface area contributed by atoms with Gasteiger partial charge in [-0.25, -0.2) is 4.98 Å². The van der Waals surface area contributed by atoms with Crippen molar-refractivity contribution >= 4 is 45.7 Å². The van der Waals surface area contributed by atoms with Crippen LogP contribution in [0, 0.1) is 0 Å². The van der Waals surface area contributed by atoms with Crippen molar-refractivity contribution in [2.24, 2.45) is 7.05 Å². The first kappa shape index (κ1) is 21.4. The number of benzene rings is 2. The zero-order chi connectivity index (χ0) is 21.6. The van der Waals surface area contributed by atoms with Gasteiger partial charge in [-0.3, -0.25) is 4.79 Å². The van der Waals surface area contributed by atoms with Gasteiger partial charge in [0.15, 0.2) is 16.1 Å². The molecule has 0 radical (unpaired) electrons. The lowest BCUT2D eigenvalue weighted by atomic mass is 10.2. The fourth-order valence-electron chi connectivity index (χ4n) is 2.66. The Kier molecular flexibility index (Phi) is 6.86. The summed E-state index contributed by atoms with van der Waals surface area (Å²) in [5.41, 5.74) is 1.85. The van der Waals surface area contributed by atoms with E-state index < -0.39 is 0 Å². The lowest BCUT2D eigenvalue weighted by Crippen LogP contribution is -2.14. The number of nitrogens with one attached hydrogen (secondary N) is 1. The number of rotatable bonds is 8. The molecule has 0 spiro atoms. The van der Waals surface area contributed by atoms with E-state index in [4.69, 9.17) is 16.3 Å². The van der Waals surface area contributed by atoms with Crippen molar-refractivity contribution in [3.05, 3.63) is 70.8 Å². The summed E-state index contributed by atoms with van der Waals surface area (Å²) in [5.74, 6) is 1.25. The van der Waals surface area contributed by atoms with Gasteiger partial charge in [-0.1, -0.05) is 65.8 Å². The zero-order valence-electron chi connectivity index (χ0n) is 16.5. The van der Waals surface area contributed by atoms with Gasteiger partial charge in [0.2, 0.25) is 5.91 Å². The van der Waals surface area contributed by atoms with Gasteiger partial charge < -0.3 is 14.6 Å². The summed E-state index contributed by atoms with van der Waals surface area (Å²) in [7, 11) is 1.83. The minimum atomic E-state index is -0.157. The number of para-hydroxylation sites is 1. The van der Waals surface area contributed by atoms with Crippen LogP contribution in [0.5, 0.6) is 5.75 Å². The Balaban J connectivity index is 1.30. The maximum atomic E-state index is 12.3. The Morgan fingerprint density at radius 1 is 1.16 bits per heavy atom. The van der Waals surface area contributed by atoms with Gasteiger partial charge >= 0.3 is 0 Å². The molecule has 31 heavy (non-hydrogen) atoms. The molecule has 0 aliphatic rings. The molecular formula is C21H18ClN5O2S2. The Hall–Kier alpha value is -2.88. The fourth-order valence-corrected chi connectivity index (χ4v) is 4.31. The van der Waals surface area contributed by atoms with Crippen LogP contribution in [0.1, 0.15) is 5.82 Å². The molecule has 0 saturated carbocycles. The first-order chi connectivity index (χ1) is 15.1. The molecular weight excluding hydrogens is 454 g/mol. The van der Waals surface area contributed by atoms with Crippen LogP contribution in [0.25, 0.3) is 11.3 Å². The van der Waals surface area contributed by atoms with Gasteiger partial charge in [-0.2, -0.15) is 0 Å². The van der Waals surface area contributed by atoms with Crippen molar-refractivity contribution in [2.45, 2.75) is 11.8 Å². The number of thioether (sulfide) groups is 1. The smallest absolute Gasteiger partial charge is 0.236 e. The molecule has 0 aliphatic heterocycles. The average molecular weight is 472 g/mol. The summed E-state index contributed by atoms with van der Waals surface area (Å²) in [4.78, 5) is 16.8. The molecule has 0 aliphatic carbocycles. The van der Waals surface area contributed by atoms with E-state index in [1.807, 2.05) is 54.9 Å². The molecule has 0 atom stereocenters. The van der Waals surface area contributed by atoms with E-state index in [-0.39, 0.29) is 18.3 Å². The minimum absolute atomic E-state index is 0.157. The van der Waals surface area contributed by atoms with Gasteiger partial charge in [-0.05, 0) is 12.1 Å². The molecule has 0 fully saturated rings. The van der Waals surface area contributed by atoms with E-state index in [1.54, 1.807) is 16.7 Å². The van der Waals surface area contributed by atoms with Crippen molar-refractivity contribution in [2.75, 3.05) is 11.1 Å². The molecule has 2 aromatic carbocycles. The number of carbonyl (C=O) groups excluding carboxylic acids is 1. The van der Waals surface area contributed by atoms with Crippen LogP contribution in [-0.4, -0.2) is 31.4 Å². The Labute approximate surface area is 192 Å². The van der Waals surface area contributed by atoms with Crippen LogP contribution in [0.15, 0.2) is 65.1 Å². The number of nitrogens with zero attached hydrogens (tertiary/aromatic N) is 4. The molecule has 158 valence electrons. The van der Waals surface area contributed by atoms with Gasteiger partial charge in [0, 0.05) is 18.0 Å². The van der Waals surface area contributed by atoms with Gasteiger partial charge in [0.05, 0.1) is 16.5 Å². The van der Waals surface area contributed by atoms with E-state index >= 15 is 0 Å². The summed E-state index contributed by atoms with van der Waals surface area (Å²) < 4.78 is 7.51. The molecule has 10 heteroatoms. The Bertz CT molecular complexity index is 1180. The number of amides is 1. The lowest BCUT2D eigenvalue weighted by molar-refractivity contribution is -0.113. The minimum Gasteiger partial charge on any atom is -0.484 e. The number of carbonyl (C=O) groups is 1. The van der Waals surface area contributed by atoms with Crippen LogP contribution < -0.4 is 10.1 Å². The number of anilines is 1. The van der Waals surface area contributed by atoms with Crippen molar-refractivity contribution in [1.29, 1.82) is 0 Å². The van der Waals surface area contributed by atoms with E-state index in [9.17, 15) is 4.79 Å². The molecule has 7 nitrogen and oxygen atoms in total. The summed E-state index contributed by atoms with van der Waals surface area (Å²) in [6, 6.07) is 17.1. The SMILES string of the molecule is Cn1c(COc2ccccc2Cl)nnc1SCC(=O)Nc1nc(-c2ccccc2)cs1. The Morgan fingerprint density at radius 3 is 2.74 bits per heavy atom. The summed E-state index contributed by atoms with van der Waals surface area (Å²) in [5, 5.41) is 14.8. The molecule has 1 N–H and O–H groups in total. The second-order valence-corrected chi connectivity index (χ2v) is 8.63. The van der Waals surface area contributed by atoms with E-state index in [0.717, 1.165) is 11.3 Å². The predicted molar refractivity (Wildman–Crippen MR) is 124 cm³/mol. The van der Waals surface area contributed by atoms with Gasteiger partial charge in [0.1, 0.15) is 12.4 Å². The van der Waals surface area contributed by atoms with Crippen molar-refractivity contribution < 1.29 is 9.53 Å². The summed E-state index contributed by atoms with van der Waals surface area (Å²) >= 11 is 8.79. The molecule has 2 aromatic heterocycles. The van der Waals surface area contributed by atoms with Crippen molar-refractivity contribution in [1.82, 2.24) is 19.7 Å². The quantitative estimate of drug-likeness (QED) is 0.368. The number of aromatic nitrogens is 4. The van der Waals surface area contributed by atoms with Gasteiger partial charge in [-0.15, -0.1) is 21.5 Å². The second kappa shape index (κ2) is 9.95. The number of hydrogen-bond donors (Lipinski definition) is 1. The van der Waals surface area contributed by atoms with E-state index in [2.05, 4.69) is 20.5 Å². The largest absolute Gasteiger partial charge is 0.484 e. The van der Waals surface area contributed by atoms with Crippen LogP contribution in [-0.2, 0) is 18.4 Å². The maximum Gasteiger partial charge on any atom is 0.236 e. The predicted octanol–water partition coefficient (Wildman–Crippen LogP) is 4.90. The highest BCUT2D eigenvalue weighted by Gasteiger charge is 2.14. The van der Waals surface area contributed by atoms with Crippen LogP contribution in [0.4, 0.5) is 5.13 Å². The third-order valence-electron chi connectivity index (χ3n) is 4.27. The summed E-state index contributed by atoms with van der Waals surface area (Å²) in [6.45, 7) is 0.224. The number of ether oxygens (including phenoxy) is 1. The Morgan fingerprint density at radius 2 is 1.94 bits per heavy atom. The third-order valence-corrected chi connectivity index (χ3v) is 6.36. The molecule has 2 heterocycles. The number of thiazole rings is 1. The lowest BCUT2D eigenvalue weighted by Gasteiger charge is -2.07. The fraction of sp³-hybridized carbons (Fsp3) is 0.143. The maximum absolute atomic E-state index is 12.3. The average Bonchev–Trinajstić information content (AvgIpc) is 3.39. The van der Waals surface area contributed by atoms with Crippen molar-refractivity contribution in [3.8, 4) is 17.0 Å². The molecule has 4 aromatic rings. The second-order valence-electron chi connectivity index (χ2n) is 6.42. The highest BCUT2D eigenvalue weighted by Crippen LogP contribution is 2.26.